The van der Waals surface area contributed by atoms with Crippen LogP contribution in [0.25, 0.3) is 9.81 Å². The van der Waals surface area contributed by atoms with E-state index in [1.165, 1.54) is 0 Å². The van der Waals surface area contributed by atoms with E-state index in [0.717, 1.165) is 16.8 Å². The van der Waals surface area contributed by atoms with E-state index in [1.54, 1.807) is 24.3 Å². The van der Waals surface area contributed by atoms with Crippen molar-refractivity contribution < 1.29 is 26.2 Å². The molecule has 2 aromatic carbocycles. The fraction of sp³-hybridized carbons (Fsp3) is 0.125. The van der Waals surface area contributed by atoms with Gasteiger partial charge in [-0.15, -0.1) is 0 Å². The Morgan fingerprint density at radius 1 is 0.810 bits per heavy atom. The summed E-state index contributed by atoms with van der Waals surface area (Å²) in [6, 6.07) is 14.8. The zero-order valence-electron chi connectivity index (χ0n) is 11.6. The van der Waals surface area contributed by atoms with Crippen LogP contribution in [0.3, 0.4) is 0 Å². The topological polar surface area (TPSA) is 23.5 Å². The largest absolute Gasteiger partial charge is 2.00 e. The molecule has 0 heterocycles. The third kappa shape index (κ3) is 4.44. The fourth-order valence-corrected chi connectivity index (χ4v) is 2.29. The summed E-state index contributed by atoms with van der Waals surface area (Å²) in [7, 11) is 3.99. The first kappa shape index (κ1) is 18.0. The normalized spacial score (nSPS) is 11.3. The van der Waals surface area contributed by atoms with Crippen molar-refractivity contribution in [3.05, 3.63) is 59.7 Å². The third-order valence-electron chi connectivity index (χ3n) is 2.98. The van der Waals surface area contributed by atoms with Crippen molar-refractivity contribution in [3.8, 4) is 5.75 Å². The van der Waals surface area contributed by atoms with Crippen molar-refractivity contribution >= 4 is 40.8 Å². The van der Waals surface area contributed by atoms with Crippen LogP contribution in [0, 0.1) is 0 Å². The van der Waals surface area contributed by atoms with E-state index in [-0.39, 0.29) is 26.8 Å². The molecular formula is C16H15NOPtS2. The van der Waals surface area contributed by atoms with E-state index in [0.29, 0.717) is 9.81 Å². The second-order valence-electron chi connectivity index (χ2n) is 4.65. The monoisotopic (exact) mass is 496 g/mol. The second-order valence-corrected chi connectivity index (χ2v) is 5.46. The summed E-state index contributed by atoms with van der Waals surface area (Å²) < 4.78 is 0. The van der Waals surface area contributed by atoms with Gasteiger partial charge in [-0.1, -0.05) is 24.3 Å². The summed E-state index contributed by atoms with van der Waals surface area (Å²) in [5.41, 5.74) is 2.90. The molecule has 0 aliphatic rings. The first-order valence-electron chi connectivity index (χ1n) is 6.14. The average molecular weight is 497 g/mol. The van der Waals surface area contributed by atoms with Gasteiger partial charge in [-0.2, -0.15) is 9.81 Å². The van der Waals surface area contributed by atoms with Crippen molar-refractivity contribution in [2.75, 3.05) is 19.0 Å². The number of hydrogen-bond donors (Lipinski definition) is 1. The summed E-state index contributed by atoms with van der Waals surface area (Å²) in [4.78, 5) is 3.30. The van der Waals surface area contributed by atoms with Gasteiger partial charge in [-0.25, -0.2) is 0 Å². The molecular weight excluding hydrogens is 481 g/mol. The van der Waals surface area contributed by atoms with Crippen molar-refractivity contribution in [3.63, 3.8) is 0 Å². The van der Waals surface area contributed by atoms with Crippen LogP contribution in [0.4, 0.5) is 5.69 Å². The number of phenols is 1. The number of phenolic OH excluding ortho intramolecular Hbond substituents is 1. The van der Waals surface area contributed by atoms with Gasteiger partial charge in [-0.05, 0) is 35.4 Å². The molecule has 0 aliphatic carbocycles. The molecule has 0 atom stereocenters. The van der Waals surface area contributed by atoms with Crippen LogP contribution in [0.5, 0.6) is 5.75 Å². The molecule has 112 valence electrons. The summed E-state index contributed by atoms with van der Waals surface area (Å²) in [6.45, 7) is 0. The predicted octanol–water partition coefficient (Wildman–Crippen LogP) is 3.38. The van der Waals surface area contributed by atoms with Crippen molar-refractivity contribution in [1.29, 1.82) is 0 Å². The van der Waals surface area contributed by atoms with Crippen molar-refractivity contribution in [2.45, 2.75) is 0 Å². The quantitative estimate of drug-likeness (QED) is 0.520. The van der Waals surface area contributed by atoms with E-state index < -0.39 is 0 Å². The molecule has 0 saturated carbocycles. The fourth-order valence-electron chi connectivity index (χ4n) is 1.79. The molecule has 0 aromatic heterocycles. The number of benzene rings is 2. The van der Waals surface area contributed by atoms with E-state index in [2.05, 4.69) is 0 Å². The molecule has 2 rings (SSSR count). The van der Waals surface area contributed by atoms with Gasteiger partial charge in [0.2, 0.25) is 0 Å². The van der Waals surface area contributed by atoms with E-state index >= 15 is 0 Å². The van der Waals surface area contributed by atoms with Gasteiger partial charge in [0.1, 0.15) is 5.75 Å². The van der Waals surface area contributed by atoms with Gasteiger partial charge in [0.25, 0.3) is 0 Å². The van der Waals surface area contributed by atoms with Gasteiger partial charge < -0.3 is 35.3 Å². The Morgan fingerprint density at radius 3 is 1.57 bits per heavy atom. The zero-order valence-corrected chi connectivity index (χ0v) is 15.6. The Hall–Kier alpha value is -1.09. The minimum absolute atomic E-state index is 0. The zero-order chi connectivity index (χ0) is 14.7. The molecule has 1 N–H and O–H groups in total. The summed E-state index contributed by atoms with van der Waals surface area (Å²) >= 11 is 10.9. The number of anilines is 1. The molecule has 21 heavy (non-hydrogen) atoms. The van der Waals surface area contributed by atoms with Crippen molar-refractivity contribution in [2.24, 2.45) is 0 Å². The van der Waals surface area contributed by atoms with Gasteiger partial charge in [0.15, 0.2) is 0 Å². The Balaban J connectivity index is 0.00000220. The predicted molar refractivity (Wildman–Crippen MR) is 90.4 cm³/mol. The molecule has 0 aliphatic heterocycles. The van der Waals surface area contributed by atoms with E-state index in [4.69, 9.17) is 25.3 Å². The summed E-state index contributed by atoms with van der Waals surface area (Å²) in [6.07, 6.45) is 0. The molecule has 0 saturated heterocycles. The Kier molecular flexibility index (Phi) is 6.66. The molecule has 5 heteroatoms. The number of hydrogen-bond acceptors (Lipinski definition) is 4. The molecule has 2 nitrogen and oxygen atoms in total. The molecule has 0 spiro atoms. The van der Waals surface area contributed by atoms with Crippen LogP contribution in [0.15, 0.2) is 48.5 Å². The van der Waals surface area contributed by atoms with Crippen molar-refractivity contribution in [1.82, 2.24) is 0 Å². The summed E-state index contributed by atoms with van der Waals surface area (Å²) in [5, 5.41) is 9.30. The first-order chi connectivity index (χ1) is 9.49. The van der Waals surface area contributed by atoms with Crippen LogP contribution in [-0.2, 0) is 46.3 Å². The van der Waals surface area contributed by atoms with E-state index in [1.807, 2.05) is 43.3 Å². The van der Waals surface area contributed by atoms with Crippen LogP contribution < -0.4 is 4.90 Å². The number of rotatable bonds is 3. The van der Waals surface area contributed by atoms with Crippen LogP contribution in [0.1, 0.15) is 11.1 Å². The molecule has 0 amide bonds. The Bertz CT molecular complexity index is 622. The smallest absolute Gasteiger partial charge is 0.781 e. The van der Waals surface area contributed by atoms with Gasteiger partial charge in [0, 0.05) is 19.8 Å². The van der Waals surface area contributed by atoms with Gasteiger partial charge in [0.05, 0.1) is 0 Å². The van der Waals surface area contributed by atoms with Gasteiger partial charge in [-0.3, -0.25) is 0 Å². The maximum atomic E-state index is 9.30. The molecule has 2 aromatic rings. The molecule has 0 radical (unpaired) electrons. The Labute approximate surface area is 151 Å². The molecule has 0 bridgehead atoms. The summed E-state index contributed by atoms with van der Waals surface area (Å²) in [5.74, 6) is 0.220. The standard InChI is InChI=1S/C16H17NOS2.Pt/c1-17(2)13-7-3-11(4-8-13)15(19)16(20)12-5-9-14(18)10-6-12;/h3-10,18-20H,1-2H3;/q;+2/p-2/b16-15-;. The molecule has 0 unspecified atom stereocenters. The first-order valence-corrected chi connectivity index (χ1v) is 6.96. The van der Waals surface area contributed by atoms with Crippen LogP contribution >= 0.6 is 0 Å². The van der Waals surface area contributed by atoms with E-state index in [9.17, 15) is 5.11 Å². The minimum atomic E-state index is 0. The maximum absolute atomic E-state index is 9.30. The number of nitrogens with zero attached hydrogens (tertiary/aromatic N) is 1. The SMILES string of the molecule is CN(C)c1ccc(/C([S-])=C(/[S-])c2ccc(O)cc2)cc1.[Pt+2]. The van der Waals surface area contributed by atoms with Crippen LogP contribution in [-0.4, -0.2) is 19.2 Å². The second kappa shape index (κ2) is 7.79. The molecule has 0 fully saturated rings. The third-order valence-corrected chi connectivity index (χ3v) is 3.99. The minimum Gasteiger partial charge on any atom is -0.781 e. The maximum Gasteiger partial charge on any atom is 2.00 e. The van der Waals surface area contributed by atoms with Crippen LogP contribution in [0.2, 0.25) is 0 Å². The number of aromatic hydroxyl groups is 1. The Morgan fingerprint density at radius 2 is 1.19 bits per heavy atom. The van der Waals surface area contributed by atoms with Gasteiger partial charge >= 0.3 is 21.1 Å². The average Bonchev–Trinajstić information content (AvgIpc) is 2.46.